The number of hydrogen-bond donors (Lipinski definition) is 2. The lowest BCUT2D eigenvalue weighted by Crippen LogP contribution is -2.48. The molecule has 1 saturated heterocycles. The summed E-state index contributed by atoms with van der Waals surface area (Å²) in [5, 5.41) is 13.5. The van der Waals surface area contributed by atoms with Crippen molar-refractivity contribution in [2.45, 2.75) is 13.0 Å². The zero-order chi connectivity index (χ0) is 19.4. The molecule has 1 amide bonds. The maximum atomic E-state index is 14.9. The first-order valence-corrected chi connectivity index (χ1v) is 8.91. The van der Waals surface area contributed by atoms with Crippen molar-refractivity contribution in [3.63, 3.8) is 0 Å². The van der Waals surface area contributed by atoms with Gasteiger partial charge < -0.3 is 19.9 Å². The van der Waals surface area contributed by atoms with Gasteiger partial charge in [-0.25, -0.2) is 4.39 Å². The van der Waals surface area contributed by atoms with Crippen molar-refractivity contribution in [2.24, 2.45) is 0 Å². The molecular weight excluding hydrogens is 371 g/mol. The Balaban J connectivity index is 1.80. The average molecular weight is 392 g/mol. The first-order chi connectivity index (χ1) is 13.0. The van der Waals surface area contributed by atoms with Crippen LogP contribution in [0.5, 0.6) is 0 Å². The number of amides is 1. The van der Waals surface area contributed by atoms with E-state index in [1.165, 1.54) is 13.2 Å². The summed E-state index contributed by atoms with van der Waals surface area (Å²) in [6, 6.07) is 4.52. The van der Waals surface area contributed by atoms with Gasteiger partial charge in [-0.05, 0) is 29.9 Å². The minimum absolute atomic E-state index is 0.0427. The molecule has 0 bridgehead atoms. The first-order valence-electron chi connectivity index (χ1n) is 8.50. The number of nitrogens with zero attached hydrogens (tertiary/aromatic N) is 4. The molecule has 2 heterocycles. The monoisotopic (exact) mass is 392 g/mol. The topological polar surface area (TPSA) is 86.4 Å². The smallest absolute Gasteiger partial charge is 0.257 e. The number of aromatic amines is 1. The fraction of sp³-hybridized carbons (Fsp3) is 0.412. The zero-order valence-corrected chi connectivity index (χ0v) is 15.9. The lowest BCUT2D eigenvalue weighted by atomic mass is 10.0. The number of aromatic nitrogens is 3. The third-order valence-electron chi connectivity index (χ3n) is 4.55. The summed E-state index contributed by atoms with van der Waals surface area (Å²) in [4.78, 5) is 15.2. The minimum atomic E-state index is -0.491. The average Bonchev–Trinajstić information content (AvgIpc) is 3.20. The number of carbonyl (C=O) groups excluding carboxylic acids is 1. The van der Waals surface area contributed by atoms with Crippen molar-refractivity contribution in [2.75, 3.05) is 38.2 Å². The molecule has 27 heavy (non-hydrogen) atoms. The first kappa shape index (κ1) is 19.0. The number of H-pyrrole nitrogens is 1. The van der Waals surface area contributed by atoms with Gasteiger partial charge in [-0.3, -0.25) is 9.89 Å². The highest BCUT2D eigenvalue weighted by Gasteiger charge is 2.23. The maximum Gasteiger partial charge on any atom is 0.257 e. The molecule has 144 valence electrons. The standard InChI is InChI=1S/C17H21FN6O2S/c1-11(25)23-5-7-24(8-6-23)15-4-3-12(9-13(15)18)16(20-17(27)26-2)14-10-19-22-21-14/h3-4,9-10,16H,5-8H2,1-2H3,(H,20,27)(H,19,21,22). The van der Waals surface area contributed by atoms with E-state index in [0.29, 0.717) is 43.1 Å². The quantitative estimate of drug-likeness (QED) is 0.757. The van der Waals surface area contributed by atoms with Crippen LogP contribution in [0.15, 0.2) is 24.4 Å². The molecule has 0 radical (unpaired) electrons. The van der Waals surface area contributed by atoms with E-state index in [-0.39, 0.29) is 16.9 Å². The number of hydrogen-bond acceptors (Lipinski definition) is 6. The number of piperazine rings is 1. The van der Waals surface area contributed by atoms with Crippen LogP contribution in [0.2, 0.25) is 0 Å². The number of halogens is 1. The normalized spacial score (nSPS) is 15.4. The van der Waals surface area contributed by atoms with E-state index in [2.05, 4.69) is 20.7 Å². The van der Waals surface area contributed by atoms with Gasteiger partial charge in [0.25, 0.3) is 5.17 Å². The highest BCUT2D eigenvalue weighted by molar-refractivity contribution is 7.80. The summed E-state index contributed by atoms with van der Waals surface area (Å²) in [6.45, 7) is 3.90. The minimum Gasteiger partial charge on any atom is -0.474 e. The van der Waals surface area contributed by atoms with Crippen molar-refractivity contribution in [1.82, 2.24) is 25.6 Å². The van der Waals surface area contributed by atoms with Gasteiger partial charge in [-0.1, -0.05) is 11.3 Å². The van der Waals surface area contributed by atoms with E-state index in [9.17, 15) is 9.18 Å². The van der Waals surface area contributed by atoms with Gasteiger partial charge >= 0.3 is 0 Å². The maximum absolute atomic E-state index is 14.9. The molecule has 1 aliphatic heterocycles. The van der Waals surface area contributed by atoms with Crippen LogP contribution in [0.3, 0.4) is 0 Å². The Bertz CT molecular complexity index is 808. The SMILES string of the molecule is COC(=S)NC(c1ccc(N2CCN(C(C)=O)CC2)c(F)c1)c1c[nH]nn1. The lowest BCUT2D eigenvalue weighted by molar-refractivity contribution is -0.129. The molecule has 2 aromatic rings. The predicted octanol–water partition coefficient (Wildman–Crippen LogP) is 1.22. The third kappa shape index (κ3) is 4.33. The van der Waals surface area contributed by atoms with Gasteiger partial charge in [-0.15, -0.1) is 5.10 Å². The number of carbonyl (C=O) groups is 1. The molecule has 2 N–H and O–H groups in total. The van der Waals surface area contributed by atoms with E-state index >= 15 is 0 Å². The molecule has 0 aliphatic carbocycles. The fourth-order valence-corrected chi connectivity index (χ4v) is 3.20. The van der Waals surface area contributed by atoms with Crippen LogP contribution in [-0.2, 0) is 9.53 Å². The number of nitrogens with one attached hydrogen (secondary N) is 2. The Morgan fingerprint density at radius 2 is 2.11 bits per heavy atom. The Kier molecular flexibility index (Phi) is 5.84. The Labute approximate surface area is 161 Å². The van der Waals surface area contributed by atoms with Gasteiger partial charge in [0, 0.05) is 39.3 Å². The van der Waals surface area contributed by atoms with Crippen molar-refractivity contribution < 1.29 is 13.9 Å². The second kappa shape index (κ2) is 8.30. The molecule has 1 fully saturated rings. The van der Waals surface area contributed by atoms with Crippen LogP contribution in [0.25, 0.3) is 0 Å². The largest absolute Gasteiger partial charge is 0.474 e. The predicted molar refractivity (Wildman–Crippen MR) is 102 cm³/mol. The van der Waals surface area contributed by atoms with Gasteiger partial charge in [0.05, 0.1) is 12.8 Å². The van der Waals surface area contributed by atoms with Crippen molar-refractivity contribution in [1.29, 1.82) is 0 Å². The number of ether oxygens (including phenoxy) is 1. The van der Waals surface area contributed by atoms with Crippen LogP contribution in [-0.4, -0.2) is 64.7 Å². The van der Waals surface area contributed by atoms with E-state index in [1.54, 1.807) is 24.1 Å². The molecule has 10 heteroatoms. The number of anilines is 1. The summed E-state index contributed by atoms with van der Waals surface area (Å²) in [7, 11) is 1.46. The van der Waals surface area contributed by atoms with E-state index in [1.807, 2.05) is 11.0 Å². The highest BCUT2D eigenvalue weighted by atomic mass is 32.1. The van der Waals surface area contributed by atoms with E-state index < -0.39 is 6.04 Å². The van der Waals surface area contributed by atoms with E-state index in [0.717, 1.165) is 0 Å². The van der Waals surface area contributed by atoms with Crippen LogP contribution >= 0.6 is 12.2 Å². The number of rotatable bonds is 4. The summed E-state index contributed by atoms with van der Waals surface area (Å²) in [6.07, 6.45) is 1.61. The lowest BCUT2D eigenvalue weighted by Gasteiger charge is -2.36. The van der Waals surface area contributed by atoms with Gasteiger partial charge in [0.1, 0.15) is 17.6 Å². The zero-order valence-electron chi connectivity index (χ0n) is 15.1. The second-order valence-electron chi connectivity index (χ2n) is 6.17. The molecule has 8 nitrogen and oxygen atoms in total. The Morgan fingerprint density at radius 3 is 2.67 bits per heavy atom. The summed E-state index contributed by atoms with van der Waals surface area (Å²) < 4.78 is 19.9. The highest BCUT2D eigenvalue weighted by Crippen LogP contribution is 2.27. The molecular formula is C17H21FN6O2S. The van der Waals surface area contributed by atoms with Crippen LogP contribution in [0, 0.1) is 5.82 Å². The van der Waals surface area contributed by atoms with Gasteiger partial charge in [-0.2, -0.15) is 0 Å². The molecule has 1 unspecified atom stereocenters. The molecule has 3 rings (SSSR count). The molecule has 0 spiro atoms. The van der Waals surface area contributed by atoms with Gasteiger partial charge in [0.15, 0.2) is 0 Å². The second-order valence-corrected chi connectivity index (χ2v) is 6.54. The Morgan fingerprint density at radius 1 is 1.37 bits per heavy atom. The molecule has 1 aromatic carbocycles. The number of benzene rings is 1. The van der Waals surface area contributed by atoms with Gasteiger partial charge in [0.2, 0.25) is 5.91 Å². The fourth-order valence-electron chi connectivity index (χ4n) is 3.08. The Hall–Kier alpha value is -2.75. The molecule has 1 aliphatic rings. The number of thiocarbonyl (C=S) groups is 1. The third-order valence-corrected chi connectivity index (χ3v) is 4.83. The van der Waals surface area contributed by atoms with Crippen molar-refractivity contribution in [3.05, 3.63) is 41.5 Å². The van der Waals surface area contributed by atoms with Crippen LogP contribution in [0.4, 0.5) is 10.1 Å². The molecule has 0 saturated carbocycles. The van der Waals surface area contributed by atoms with Crippen molar-refractivity contribution >= 4 is 29.0 Å². The van der Waals surface area contributed by atoms with E-state index in [4.69, 9.17) is 17.0 Å². The van der Waals surface area contributed by atoms with Crippen LogP contribution in [0.1, 0.15) is 24.2 Å². The van der Waals surface area contributed by atoms with Crippen molar-refractivity contribution in [3.8, 4) is 0 Å². The molecule has 1 aromatic heterocycles. The summed E-state index contributed by atoms with van der Waals surface area (Å²) in [5.74, 6) is -0.302. The summed E-state index contributed by atoms with van der Waals surface area (Å²) >= 11 is 5.07. The van der Waals surface area contributed by atoms with Crippen LogP contribution < -0.4 is 10.2 Å². The molecule has 1 atom stereocenters. The summed E-state index contributed by atoms with van der Waals surface area (Å²) in [5.41, 5.74) is 1.72. The number of methoxy groups -OCH3 is 1.